The summed E-state index contributed by atoms with van der Waals surface area (Å²) in [7, 11) is 0. The fourth-order valence-corrected chi connectivity index (χ4v) is 3.40. The van der Waals surface area contributed by atoms with Gasteiger partial charge in [0.25, 0.3) is 0 Å². The van der Waals surface area contributed by atoms with E-state index in [9.17, 15) is 9.90 Å². The number of anilines is 1. The highest BCUT2D eigenvalue weighted by Gasteiger charge is 2.20. The Bertz CT molecular complexity index is 680. The molecule has 5 heteroatoms. The molecule has 1 saturated carbocycles. The van der Waals surface area contributed by atoms with Gasteiger partial charge in [0.15, 0.2) is 0 Å². The number of fused-ring (bicyclic) bond motifs is 1. The van der Waals surface area contributed by atoms with Crippen LogP contribution in [-0.2, 0) is 6.54 Å². The highest BCUT2D eigenvalue weighted by Crippen LogP contribution is 2.24. The number of nitrogens with one attached hydrogen (secondary N) is 2. The number of aromatic nitrogens is 1. The van der Waals surface area contributed by atoms with E-state index in [1.165, 1.54) is 5.39 Å². The van der Waals surface area contributed by atoms with Crippen molar-refractivity contribution < 1.29 is 9.90 Å². The fourth-order valence-electron chi connectivity index (χ4n) is 3.40. The predicted octanol–water partition coefficient (Wildman–Crippen LogP) is 3.33. The molecule has 0 bridgehead atoms. The summed E-state index contributed by atoms with van der Waals surface area (Å²) < 4.78 is 2.15. The van der Waals surface area contributed by atoms with Crippen molar-refractivity contribution in [2.75, 3.05) is 11.9 Å². The number of amides is 2. The Labute approximate surface area is 136 Å². The fraction of sp³-hybridized carbons (Fsp3) is 0.500. The van der Waals surface area contributed by atoms with Crippen molar-refractivity contribution in [2.24, 2.45) is 5.92 Å². The van der Waals surface area contributed by atoms with Crippen LogP contribution in [0.25, 0.3) is 10.9 Å². The second kappa shape index (κ2) is 7.04. The molecule has 0 saturated heterocycles. The normalized spacial score (nSPS) is 21.3. The average Bonchev–Trinajstić information content (AvgIpc) is 2.95. The van der Waals surface area contributed by atoms with Gasteiger partial charge in [0, 0.05) is 25.0 Å². The number of carbonyl (C=O) groups excluding carboxylic acids is 1. The third-order valence-corrected chi connectivity index (χ3v) is 4.68. The lowest BCUT2D eigenvalue weighted by molar-refractivity contribution is 0.101. The monoisotopic (exact) mass is 315 g/mol. The highest BCUT2D eigenvalue weighted by atomic mass is 16.3. The van der Waals surface area contributed by atoms with Gasteiger partial charge in [-0.1, -0.05) is 12.5 Å². The summed E-state index contributed by atoms with van der Waals surface area (Å²) in [4.78, 5) is 12.1. The number of aliphatic hydroxyl groups is 1. The summed E-state index contributed by atoms with van der Waals surface area (Å²) in [6.07, 6.45) is 5.65. The third-order valence-electron chi connectivity index (χ3n) is 4.68. The van der Waals surface area contributed by atoms with Gasteiger partial charge in [-0.2, -0.15) is 0 Å². The molecule has 1 heterocycles. The topological polar surface area (TPSA) is 66.3 Å². The Hall–Kier alpha value is -2.01. The standard InChI is InChI=1S/C18H25N3O2/c1-2-21-9-8-14-6-7-15(11-17(14)21)20-18(23)19-12-13-4-3-5-16(22)10-13/h6-9,11,13,16,22H,2-5,10,12H2,1H3,(H2,19,20,23). The van der Waals surface area contributed by atoms with Crippen molar-refractivity contribution in [3.05, 3.63) is 30.5 Å². The largest absolute Gasteiger partial charge is 0.393 e. The van der Waals surface area contributed by atoms with Gasteiger partial charge >= 0.3 is 6.03 Å². The molecule has 2 unspecified atom stereocenters. The van der Waals surface area contributed by atoms with Crippen LogP contribution in [0.5, 0.6) is 0 Å². The lowest BCUT2D eigenvalue weighted by atomic mass is 9.87. The van der Waals surface area contributed by atoms with E-state index in [1.807, 2.05) is 18.2 Å². The minimum atomic E-state index is -0.206. The maximum absolute atomic E-state index is 12.1. The zero-order valence-electron chi connectivity index (χ0n) is 13.6. The van der Waals surface area contributed by atoms with Gasteiger partial charge in [-0.15, -0.1) is 0 Å². The Morgan fingerprint density at radius 1 is 1.35 bits per heavy atom. The summed E-state index contributed by atoms with van der Waals surface area (Å²) in [5.74, 6) is 0.379. The molecular weight excluding hydrogens is 290 g/mol. The van der Waals surface area contributed by atoms with Crippen LogP contribution in [-0.4, -0.2) is 28.4 Å². The maximum atomic E-state index is 12.1. The van der Waals surface area contributed by atoms with Gasteiger partial charge in [0.2, 0.25) is 0 Å². The number of nitrogens with zero attached hydrogens (tertiary/aromatic N) is 1. The van der Waals surface area contributed by atoms with Crippen LogP contribution >= 0.6 is 0 Å². The van der Waals surface area contributed by atoms with Crippen LogP contribution in [0.4, 0.5) is 10.5 Å². The first-order valence-electron chi connectivity index (χ1n) is 8.47. The molecule has 1 fully saturated rings. The van der Waals surface area contributed by atoms with Gasteiger partial charge in [-0.05, 0) is 55.7 Å². The molecule has 2 atom stereocenters. The van der Waals surface area contributed by atoms with Crippen LogP contribution in [0.15, 0.2) is 30.5 Å². The van der Waals surface area contributed by atoms with Gasteiger partial charge in [-0.3, -0.25) is 0 Å². The lowest BCUT2D eigenvalue weighted by Crippen LogP contribution is -2.35. The molecule has 2 amide bonds. The average molecular weight is 315 g/mol. The third kappa shape index (κ3) is 3.85. The summed E-state index contributed by atoms with van der Waals surface area (Å²) in [6.45, 7) is 3.63. The van der Waals surface area contributed by atoms with Crippen molar-refractivity contribution in [3.63, 3.8) is 0 Å². The molecule has 1 aliphatic carbocycles. The number of aryl methyl sites for hydroxylation is 1. The molecule has 0 radical (unpaired) electrons. The van der Waals surface area contributed by atoms with E-state index >= 15 is 0 Å². The Morgan fingerprint density at radius 3 is 3.00 bits per heavy atom. The molecule has 3 rings (SSSR count). The second-order valence-corrected chi connectivity index (χ2v) is 6.40. The minimum Gasteiger partial charge on any atom is -0.393 e. The molecule has 1 aromatic carbocycles. The van der Waals surface area contributed by atoms with E-state index in [2.05, 4.69) is 34.4 Å². The summed E-state index contributed by atoms with van der Waals surface area (Å²) in [6, 6.07) is 7.85. The Morgan fingerprint density at radius 2 is 2.22 bits per heavy atom. The Balaban J connectivity index is 1.57. The van der Waals surface area contributed by atoms with E-state index in [-0.39, 0.29) is 12.1 Å². The number of urea groups is 1. The molecule has 124 valence electrons. The van der Waals surface area contributed by atoms with Crippen molar-refractivity contribution in [2.45, 2.75) is 45.3 Å². The first kappa shape index (κ1) is 15.9. The van der Waals surface area contributed by atoms with Crippen molar-refractivity contribution in [1.82, 2.24) is 9.88 Å². The molecule has 0 spiro atoms. The van der Waals surface area contributed by atoms with Gasteiger partial charge in [0.05, 0.1) is 11.6 Å². The number of benzene rings is 1. The molecule has 0 aliphatic heterocycles. The van der Waals surface area contributed by atoms with Crippen molar-refractivity contribution >= 4 is 22.6 Å². The first-order valence-corrected chi connectivity index (χ1v) is 8.47. The van der Waals surface area contributed by atoms with E-state index < -0.39 is 0 Å². The molecular formula is C18H25N3O2. The van der Waals surface area contributed by atoms with Crippen molar-refractivity contribution in [3.8, 4) is 0 Å². The zero-order chi connectivity index (χ0) is 16.2. The van der Waals surface area contributed by atoms with E-state index in [4.69, 9.17) is 0 Å². The molecule has 1 aliphatic rings. The van der Waals surface area contributed by atoms with Crippen LogP contribution in [0.1, 0.15) is 32.6 Å². The van der Waals surface area contributed by atoms with Gasteiger partial charge in [0.1, 0.15) is 0 Å². The summed E-state index contributed by atoms with van der Waals surface area (Å²) in [5, 5.41) is 16.7. The van der Waals surface area contributed by atoms with Crippen LogP contribution < -0.4 is 10.6 Å². The smallest absolute Gasteiger partial charge is 0.319 e. The predicted molar refractivity (Wildman–Crippen MR) is 92.6 cm³/mol. The first-order chi connectivity index (χ1) is 11.2. The number of rotatable bonds is 4. The van der Waals surface area contributed by atoms with E-state index in [0.717, 1.165) is 43.4 Å². The molecule has 1 aromatic heterocycles. The van der Waals surface area contributed by atoms with Crippen LogP contribution in [0, 0.1) is 5.92 Å². The molecule has 23 heavy (non-hydrogen) atoms. The number of carbonyl (C=O) groups is 1. The van der Waals surface area contributed by atoms with Gasteiger partial charge < -0.3 is 20.3 Å². The molecule has 2 aromatic rings. The minimum absolute atomic E-state index is 0.181. The summed E-state index contributed by atoms with van der Waals surface area (Å²) in [5.41, 5.74) is 1.92. The van der Waals surface area contributed by atoms with Crippen LogP contribution in [0.2, 0.25) is 0 Å². The Kier molecular flexibility index (Phi) is 4.86. The molecule has 3 N–H and O–H groups in total. The zero-order valence-corrected chi connectivity index (χ0v) is 13.6. The quantitative estimate of drug-likeness (QED) is 0.810. The van der Waals surface area contributed by atoms with Crippen molar-refractivity contribution in [1.29, 1.82) is 0 Å². The van der Waals surface area contributed by atoms with E-state index in [1.54, 1.807) is 0 Å². The highest BCUT2D eigenvalue weighted by molar-refractivity contribution is 5.92. The van der Waals surface area contributed by atoms with Gasteiger partial charge in [-0.25, -0.2) is 4.79 Å². The molecule has 5 nitrogen and oxygen atoms in total. The second-order valence-electron chi connectivity index (χ2n) is 6.40. The maximum Gasteiger partial charge on any atom is 0.319 e. The number of aliphatic hydroxyl groups excluding tert-OH is 1. The van der Waals surface area contributed by atoms with Crippen LogP contribution in [0.3, 0.4) is 0 Å². The SMILES string of the molecule is CCn1ccc2ccc(NC(=O)NCC3CCCC(O)C3)cc21. The number of hydrogen-bond donors (Lipinski definition) is 3. The summed E-state index contributed by atoms with van der Waals surface area (Å²) >= 11 is 0. The van der Waals surface area contributed by atoms with E-state index in [0.29, 0.717) is 12.5 Å². The number of hydrogen-bond acceptors (Lipinski definition) is 2. The lowest BCUT2D eigenvalue weighted by Gasteiger charge is -2.25.